The third-order valence-electron chi connectivity index (χ3n) is 2.86. The van der Waals surface area contributed by atoms with E-state index >= 15 is 0 Å². The van der Waals surface area contributed by atoms with Crippen molar-refractivity contribution in [1.82, 2.24) is 15.5 Å². The number of rotatable bonds is 6. The summed E-state index contributed by atoms with van der Waals surface area (Å²) in [6, 6.07) is 8.35. The van der Waals surface area contributed by atoms with E-state index in [9.17, 15) is 0 Å². The second-order valence-corrected chi connectivity index (χ2v) is 5.11. The molecule has 1 aromatic heterocycles. The summed E-state index contributed by atoms with van der Waals surface area (Å²) < 4.78 is 5.06. The third kappa shape index (κ3) is 4.65. The smallest absolute Gasteiger partial charge is 0.227 e. The van der Waals surface area contributed by atoms with Crippen molar-refractivity contribution in [3.8, 4) is 0 Å². The highest BCUT2D eigenvalue weighted by Crippen LogP contribution is 2.11. The minimum absolute atomic E-state index is 0.394. The maximum absolute atomic E-state index is 5.86. The number of nitrogens with one attached hydrogen (secondary N) is 1. The Morgan fingerprint density at radius 3 is 2.68 bits per heavy atom. The molecule has 1 heterocycles. The minimum atomic E-state index is 0.394. The van der Waals surface area contributed by atoms with Crippen LogP contribution in [0.1, 0.15) is 24.2 Å². The number of hydrogen-bond acceptors (Lipinski definition) is 4. The summed E-state index contributed by atoms with van der Waals surface area (Å²) in [7, 11) is 0. The molecule has 1 unspecified atom stereocenters. The van der Waals surface area contributed by atoms with Gasteiger partial charge in [-0.3, -0.25) is 0 Å². The van der Waals surface area contributed by atoms with Gasteiger partial charge in [-0.1, -0.05) is 28.9 Å². The van der Waals surface area contributed by atoms with E-state index in [2.05, 4.69) is 34.5 Å². The molecule has 0 saturated carbocycles. The molecule has 0 fully saturated rings. The molecule has 2 rings (SSSR count). The van der Waals surface area contributed by atoms with Gasteiger partial charge >= 0.3 is 0 Å². The van der Waals surface area contributed by atoms with E-state index in [1.54, 1.807) is 0 Å². The van der Waals surface area contributed by atoms with E-state index in [0.29, 0.717) is 17.8 Å². The summed E-state index contributed by atoms with van der Waals surface area (Å²) in [5, 5.41) is 7.98. The first-order chi connectivity index (χ1) is 9.13. The van der Waals surface area contributed by atoms with Gasteiger partial charge in [-0.25, -0.2) is 0 Å². The number of benzene rings is 1. The monoisotopic (exact) mass is 279 g/mol. The maximum atomic E-state index is 5.86. The minimum Gasteiger partial charge on any atom is -0.339 e. The van der Waals surface area contributed by atoms with E-state index in [4.69, 9.17) is 16.1 Å². The van der Waals surface area contributed by atoms with Gasteiger partial charge in [0.05, 0.1) is 0 Å². The fourth-order valence-electron chi connectivity index (χ4n) is 1.91. The van der Waals surface area contributed by atoms with Crippen molar-refractivity contribution in [3.05, 3.63) is 46.6 Å². The van der Waals surface area contributed by atoms with Gasteiger partial charge < -0.3 is 9.84 Å². The molecule has 0 bridgehead atoms. The Kier molecular flexibility index (Phi) is 4.93. The number of nitrogens with zero attached hydrogens (tertiary/aromatic N) is 2. The van der Waals surface area contributed by atoms with Crippen LogP contribution in [0.5, 0.6) is 0 Å². The Balaban J connectivity index is 1.72. The summed E-state index contributed by atoms with van der Waals surface area (Å²) in [5.41, 5.74) is 1.28. The zero-order chi connectivity index (χ0) is 13.7. The van der Waals surface area contributed by atoms with Crippen molar-refractivity contribution in [2.45, 2.75) is 32.7 Å². The molecule has 0 radical (unpaired) electrons. The molecular formula is C14H18ClN3O. The second-order valence-electron chi connectivity index (χ2n) is 4.67. The van der Waals surface area contributed by atoms with Crippen LogP contribution in [-0.4, -0.2) is 22.7 Å². The molecule has 0 amide bonds. The van der Waals surface area contributed by atoms with Crippen LogP contribution >= 0.6 is 11.6 Å². The van der Waals surface area contributed by atoms with Crippen molar-refractivity contribution in [2.24, 2.45) is 0 Å². The van der Waals surface area contributed by atoms with Crippen LogP contribution in [0.25, 0.3) is 0 Å². The average molecular weight is 280 g/mol. The van der Waals surface area contributed by atoms with Crippen molar-refractivity contribution < 1.29 is 4.52 Å². The van der Waals surface area contributed by atoms with Crippen LogP contribution in [0.4, 0.5) is 0 Å². The normalized spacial score (nSPS) is 12.6. The summed E-state index contributed by atoms with van der Waals surface area (Å²) >= 11 is 5.86. The fraction of sp³-hybridized carbons (Fsp3) is 0.429. The summed E-state index contributed by atoms with van der Waals surface area (Å²) in [6.45, 7) is 4.81. The highest BCUT2D eigenvalue weighted by atomic mass is 35.5. The maximum Gasteiger partial charge on any atom is 0.227 e. The predicted octanol–water partition coefficient (Wildman–Crippen LogP) is 2.79. The van der Waals surface area contributed by atoms with Crippen LogP contribution in [-0.2, 0) is 12.8 Å². The molecular weight excluding hydrogens is 262 g/mol. The third-order valence-corrected chi connectivity index (χ3v) is 3.11. The van der Waals surface area contributed by atoms with Gasteiger partial charge in [-0.15, -0.1) is 0 Å². The van der Waals surface area contributed by atoms with Crippen molar-refractivity contribution in [1.29, 1.82) is 0 Å². The number of hydrogen-bond donors (Lipinski definition) is 1. The Morgan fingerprint density at radius 1 is 1.32 bits per heavy atom. The van der Waals surface area contributed by atoms with E-state index in [-0.39, 0.29) is 0 Å². The first kappa shape index (κ1) is 14.0. The van der Waals surface area contributed by atoms with Gasteiger partial charge in [0.2, 0.25) is 5.89 Å². The second kappa shape index (κ2) is 6.68. The fourth-order valence-corrected chi connectivity index (χ4v) is 2.04. The first-order valence-electron chi connectivity index (χ1n) is 6.40. The molecule has 0 aliphatic carbocycles. The van der Waals surface area contributed by atoms with Crippen LogP contribution in [0.2, 0.25) is 5.02 Å². The largest absolute Gasteiger partial charge is 0.339 e. The summed E-state index contributed by atoms with van der Waals surface area (Å²) in [4.78, 5) is 4.17. The predicted molar refractivity (Wildman–Crippen MR) is 75.4 cm³/mol. The number of aromatic nitrogens is 2. The lowest BCUT2D eigenvalue weighted by atomic mass is 10.1. The highest BCUT2D eigenvalue weighted by molar-refractivity contribution is 6.30. The zero-order valence-electron chi connectivity index (χ0n) is 11.2. The quantitative estimate of drug-likeness (QED) is 0.883. The lowest BCUT2D eigenvalue weighted by Crippen LogP contribution is -2.30. The topological polar surface area (TPSA) is 51.0 Å². The van der Waals surface area contributed by atoms with Gasteiger partial charge in [0.25, 0.3) is 0 Å². The SMILES string of the molecule is Cc1noc(CCNC(C)Cc2ccc(Cl)cc2)n1. The first-order valence-corrected chi connectivity index (χ1v) is 6.78. The molecule has 1 aromatic carbocycles. The average Bonchev–Trinajstić information content (AvgIpc) is 2.78. The van der Waals surface area contributed by atoms with Gasteiger partial charge in [-0.2, -0.15) is 4.98 Å². The molecule has 19 heavy (non-hydrogen) atoms. The molecule has 2 aromatic rings. The van der Waals surface area contributed by atoms with Crippen LogP contribution in [0.15, 0.2) is 28.8 Å². The molecule has 0 aliphatic heterocycles. The Bertz CT molecular complexity index is 510. The van der Waals surface area contributed by atoms with Crippen molar-refractivity contribution in [3.63, 3.8) is 0 Å². The van der Waals surface area contributed by atoms with E-state index in [1.807, 2.05) is 19.1 Å². The Labute approximate surface area is 118 Å². The molecule has 102 valence electrons. The molecule has 1 N–H and O–H groups in total. The van der Waals surface area contributed by atoms with E-state index in [1.165, 1.54) is 5.56 Å². The molecule has 0 saturated heterocycles. The van der Waals surface area contributed by atoms with E-state index < -0.39 is 0 Å². The van der Waals surface area contributed by atoms with Gasteiger partial charge in [-0.05, 0) is 38.0 Å². The molecule has 1 atom stereocenters. The lowest BCUT2D eigenvalue weighted by molar-refractivity contribution is 0.369. The summed E-state index contributed by atoms with van der Waals surface area (Å²) in [5.74, 6) is 1.37. The van der Waals surface area contributed by atoms with E-state index in [0.717, 1.165) is 24.4 Å². The Morgan fingerprint density at radius 2 is 2.05 bits per heavy atom. The molecule has 0 spiro atoms. The summed E-state index contributed by atoms with van der Waals surface area (Å²) in [6.07, 6.45) is 1.73. The van der Waals surface area contributed by atoms with Crippen molar-refractivity contribution in [2.75, 3.05) is 6.54 Å². The van der Waals surface area contributed by atoms with Gasteiger partial charge in [0.15, 0.2) is 5.82 Å². The molecule has 4 nitrogen and oxygen atoms in total. The highest BCUT2D eigenvalue weighted by Gasteiger charge is 2.05. The van der Waals surface area contributed by atoms with Gasteiger partial charge in [0, 0.05) is 24.0 Å². The van der Waals surface area contributed by atoms with Crippen LogP contribution in [0.3, 0.4) is 0 Å². The number of halogens is 1. The van der Waals surface area contributed by atoms with Crippen molar-refractivity contribution >= 4 is 11.6 Å². The lowest BCUT2D eigenvalue weighted by Gasteiger charge is -2.13. The zero-order valence-corrected chi connectivity index (χ0v) is 11.9. The van der Waals surface area contributed by atoms with Crippen LogP contribution in [0, 0.1) is 6.92 Å². The van der Waals surface area contributed by atoms with Crippen LogP contribution < -0.4 is 5.32 Å². The number of aryl methyl sites for hydroxylation is 1. The molecule has 5 heteroatoms. The molecule has 0 aliphatic rings. The standard InChI is InChI=1S/C14H18ClN3O/c1-10(9-12-3-5-13(15)6-4-12)16-8-7-14-17-11(2)18-19-14/h3-6,10,16H,7-9H2,1-2H3. The van der Waals surface area contributed by atoms with Gasteiger partial charge in [0.1, 0.15) is 0 Å². The Hall–Kier alpha value is -1.39.